The van der Waals surface area contributed by atoms with Gasteiger partial charge in [-0.05, 0) is 48.7 Å². The van der Waals surface area contributed by atoms with Gasteiger partial charge in [0.2, 0.25) is 5.91 Å². The van der Waals surface area contributed by atoms with Crippen LogP contribution in [0, 0.1) is 0 Å². The quantitative estimate of drug-likeness (QED) is 0.520. The van der Waals surface area contributed by atoms with Gasteiger partial charge in [0.1, 0.15) is 5.75 Å². The lowest BCUT2D eigenvalue weighted by Gasteiger charge is -2.23. The minimum absolute atomic E-state index is 0.0458. The third-order valence-corrected chi connectivity index (χ3v) is 5.65. The first-order chi connectivity index (χ1) is 15.1. The summed E-state index contributed by atoms with van der Waals surface area (Å²) in [7, 11) is 1.63. The van der Waals surface area contributed by atoms with Gasteiger partial charge in [-0.1, -0.05) is 35.9 Å². The molecule has 1 aliphatic heterocycles. The highest BCUT2D eigenvalue weighted by molar-refractivity contribution is 6.30. The molecule has 168 valence electrons. The summed E-state index contributed by atoms with van der Waals surface area (Å²) in [4.78, 5) is 15.1. The fourth-order valence-electron chi connectivity index (χ4n) is 3.90. The Morgan fingerprint density at radius 3 is 2.71 bits per heavy atom. The molecule has 0 unspecified atom stereocenters. The molecule has 2 aromatic rings. The third-order valence-electron chi connectivity index (χ3n) is 5.42. The topological polar surface area (TPSA) is 62.8 Å². The highest BCUT2D eigenvalue weighted by Crippen LogP contribution is 2.23. The maximum absolute atomic E-state index is 12.8. The second kappa shape index (κ2) is 12.1. The molecule has 1 aliphatic rings. The van der Waals surface area contributed by atoms with E-state index in [0.717, 1.165) is 30.8 Å². The van der Waals surface area contributed by atoms with E-state index >= 15 is 0 Å². The van der Waals surface area contributed by atoms with Crippen molar-refractivity contribution in [1.29, 1.82) is 0 Å². The second-order valence-corrected chi connectivity index (χ2v) is 8.19. The first kappa shape index (κ1) is 23.5. The maximum Gasteiger partial charge on any atom is 0.237 e. The van der Waals surface area contributed by atoms with Gasteiger partial charge >= 0.3 is 0 Å². The van der Waals surface area contributed by atoms with E-state index < -0.39 is 0 Å². The van der Waals surface area contributed by atoms with Gasteiger partial charge < -0.3 is 20.1 Å². The van der Waals surface area contributed by atoms with Crippen molar-refractivity contribution in [3.8, 4) is 5.75 Å². The van der Waals surface area contributed by atoms with Crippen LogP contribution in [0.25, 0.3) is 0 Å². The number of nitrogens with zero attached hydrogens (tertiary/aromatic N) is 1. The first-order valence-corrected chi connectivity index (χ1v) is 11.2. The molecular formula is C24H32ClN3O3. The smallest absolute Gasteiger partial charge is 0.237 e. The van der Waals surface area contributed by atoms with Crippen molar-refractivity contribution in [2.24, 2.45) is 0 Å². The number of carbonyl (C=O) groups excluding carboxylic acids is 1. The molecule has 31 heavy (non-hydrogen) atoms. The van der Waals surface area contributed by atoms with E-state index in [1.54, 1.807) is 7.11 Å². The van der Waals surface area contributed by atoms with E-state index in [2.05, 4.69) is 27.7 Å². The summed E-state index contributed by atoms with van der Waals surface area (Å²) >= 11 is 6.16. The second-order valence-electron chi connectivity index (χ2n) is 7.75. The van der Waals surface area contributed by atoms with Crippen LogP contribution in [0.3, 0.4) is 0 Å². The van der Waals surface area contributed by atoms with Crippen LogP contribution in [-0.4, -0.2) is 56.3 Å². The molecule has 0 radical (unpaired) electrons. The number of nitrogens with one attached hydrogen (secondary N) is 2. The SMILES string of the molecule is CCOc1ccc(CN[C@H]2C[C@@H](C(=O)NCCOC)N(Cc3cccc(Cl)c3)C2)cc1. The Morgan fingerprint density at radius 1 is 1.19 bits per heavy atom. The van der Waals surface area contributed by atoms with Crippen LogP contribution in [0.2, 0.25) is 5.02 Å². The first-order valence-electron chi connectivity index (χ1n) is 10.8. The van der Waals surface area contributed by atoms with Crippen LogP contribution >= 0.6 is 11.6 Å². The number of ether oxygens (including phenoxy) is 2. The Kier molecular flexibility index (Phi) is 9.15. The molecule has 1 amide bonds. The summed E-state index contributed by atoms with van der Waals surface area (Å²) in [6.45, 7) is 5.89. The number of hydrogen-bond acceptors (Lipinski definition) is 5. The summed E-state index contributed by atoms with van der Waals surface area (Å²) in [6.07, 6.45) is 0.760. The fraction of sp³-hybridized carbons (Fsp3) is 0.458. The Morgan fingerprint density at radius 2 is 2.00 bits per heavy atom. The molecule has 1 heterocycles. The number of carbonyl (C=O) groups is 1. The standard InChI is InChI=1S/C24H32ClN3O3/c1-3-31-22-9-7-18(8-10-22)15-27-21-14-23(24(29)26-11-12-30-2)28(17-21)16-19-5-4-6-20(25)13-19/h4-10,13,21,23,27H,3,11-12,14-17H2,1-2H3,(H,26,29)/t21-,23-/m0/s1. The lowest BCUT2D eigenvalue weighted by Crippen LogP contribution is -2.43. The minimum Gasteiger partial charge on any atom is -0.494 e. The molecular weight excluding hydrogens is 414 g/mol. The number of benzene rings is 2. The van der Waals surface area contributed by atoms with Crippen molar-refractivity contribution >= 4 is 17.5 Å². The van der Waals surface area contributed by atoms with Crippen molar-refractivity contribution in [3.63, 3.8) is 0 Å². The molecule has 0 aliphatic carbocycles. The van der Waals surface area contributed by atoms with Crippen LogP contribution in [-0.2, 0) is 22.6 Å². The zero-order valence-electron chi connectivity index (χ0n) is 18.3. The molecule has 0 saturated carbocycles. The zero-order valence-corrected chi connectivity index (χ0v) is 19.0. The molecule has 6 nitrogen and oxygen atoms in total. The molecule has 0 aromatic heterocycles. The molecule has 7 heteroatoms. The summed E-state index contributed by atoms with van der Waals surface area (Å²) in [6, 6.07) is 16.0. The van der Waals surface area contributed by atoms with Crippen molar-refractivity contribution < 1.29 is 14.3 Å². The average Bonchev–Trinajstić information content (AvgIpc) is 3.16. The third kappa shape index (κ3) is 7.21. The van der Waals surface area contributed by atoms with E-state index in [9.17, 15) is 4.79 Å². The van der Waals surface area contributed by atoms with Crippen molar-refractivity contribution in [1.82, 2.24) is 15.5 Å². The van der Waals surface area contributed by atoms with Crippen molar-refractivity contribution in [3.05, 3.63) is 64.7 Å². The number of rotatable bonds is 11. The van der Waals surface area contributed by atoms with Crippen LogP contribution < -0.4 is 15.4 Å². The van der Waals surface area contributed by atoms with Crippen LogP contribution in [0.1, 0.15) is 24.5 Å². The lowest BCUT2D eigenvalue weighted by atomic mass is 10.1. The predicted molar refractivity (Wildman–Crippen MR) is 123 cm³/mol. The molecule has 1 fully saturated rings. The van der Waals surface area contributed by atoms with Crippen molar-refractivity contribution in [2.75, 3.05) is 33.4 Å². The van der Waals surface area contributed by atoms with Gasteiger partial charge in [0.15, 0.2) is 0 Å². The Balaban J connectivity index is 1.61. The number of hydrogen-bond donors (Lipinski definition) is 2. The molecule has 3 rings (SSSR count). The normalized spacial score (nSPS) is 18.8. The van der Waals surface area contributed by atoms with Crippen molar-refractivity contribution in [2.45, 2.75) is 38.5 Å². The number of amides is 1. The van der Waals surface area contributed by atoms with Crippen LogP contribution in [0.5, 0.6) is 5.75 Å². The summed E-state index contributed by atoms with van der Waals surface area (Å²) in [5, 5.41) is 7.32. The Hall–Kier alpha value is -2.12. The monoisotopic (exact) mass is 445 g/mol. The highest BCUT2D eigenvalue weighted by atomic mass is 35.5. The average molecular weight is 446 g/mol. The molecule has 2 N–H and O–H groups in total. The largest absolute Gasteiger partial charge is 0.494 e. The number of likely N-dealkylation sites (tertiary alicyclic amines) is 1. The van der Waals surface area contributed by atoms with Gasteiger partial charge in [0.05, 0.1) is 19.3 Å². The fourth-order valence-corrected chi connectivity index (χ4v) is 4.11. The summed E-state index contributed by atoms with van der Waals surface area (Å²) < 4.78 is 10.6. The van der Waals surface area contributed by atoms with Gasteiger partial charge in [-0.3, -0.25) is 9.69 Å². The molecule has 0 bridgehead atoms. The van der Waals surface area contributed by atoms with Gasteiger partial charge in [0.25, 0.3) is 0 Å². The van der Waals surface area contributed by atoms with E-state index in [-0.39, 0.29) is 18.0 Å². The van der Waals surface area contributed by atoms with E-state index in [0.29, 0.717) is 31.3 Å². The van der Waals surface area contributed by atoms with Crippen LogP contribution in [0.4, 0.5) is 0 Å². The Labute approximate surface area is 189 Å². The van der Waals surface area contributed by atoms with Gasteiger partial charge in [0, 0.05) is 44.4 Å². The molecule has 0 spiro atoms. The number of halogens is 1. The van der Waals surface area contributed by atoms with Gasteiger partial charge in [-0.25, -0.2) is 0 Å². The van der Waals surface area contributed by atoms with Crippen LogP contribution in [0.15, 0.2) is 48.5 Å². The predicted octanol–water partition coefficient (Wildman–Crippen LogP) is 3.23. The summed E-state index contributed by atoms with van der Waals surface area (Å²) in [5.74, 6) is 0.928. The zero-order chi connectivity index (χ0) is 22.1. The lowest BCUT2D eigenvalue weighted by molar-refractivity contribution is -0.125. The van der Waals surface area contributed by atoms with E-state index in [1.165, 1.54) is 5.56 Å². The van der Waals surface area contributed by atoms with Gasteiger partial charge in [-0.15, -0.1) is 0 Å². The van der Waals surface area contributed by atoms with E-state index in [4.69, 9.17) is 21.1 Å². The molecule has 2 atom stereocenters. The molecule has 1 saturated heterocycles. The molecule has 2 aromatic carbocycles. The Bertz CT molecular complexity index is 831. The minimum atomic E-state index is -0.186. The number of methoxy groups -OCH3 is 1. The summed E-state index contributed by atoms with van der Waals surface area (Å²) in [5.41, 5.74) is 2.30. The maximum atomic E-state index is 12.8. The van der Waals surface area contributed by atoms with E-state index in [1.807, 2.05) is 43.3 Å². The highest BCUT2D eigenvalue weighted by Gasteiger charge is 2.36. The van der Waals surface area contributed by atoms with Gasteiger partial charge in [-0.2, -0.15) is 0 Å².